The average Bonchev–Trinajstić information content (AvgIpc) is 2.56. The minimum Gasteiger partial charge on any atom is -0.396 e. The third-order valence-corrected chi connectivity index (χ3v) is 5.62. The van der Waals surface area contributed by atoms with Crippen molar-refractivity contribution in [3.8, 4) is 0 Å². The van der Waals surface area contributed by atoms with Crippen molar-refractivity contribution in [2.75, 3.05) is 33.9 Å². The summed E-state index contributed by atoms with van der Waals surface area (Å²) in [6.45, 7) is -1.19. The molecule has 0 aromatic heterocycles. The second-order valence-electron chi connectivity index (χ2n) is 5.36. The summed E-state index contributed by atoms with van der Waals surface area (Å²) in [7, 11) is -3.17. The van der Waals surface area contributed by atoms with E-state index in [4.69, 9.17) is 26.2 Å². The molecule has 0 spiro atoms. The number of benzene rings is 1. The topological polar surface area (TPSA) is 76.1 Å². The number of aliphatic hydroxyl groups excluding tert-OH is 1. The second kappa shape index (κ2) is 9.86. The van der Waals surface area contributed by atoms with E-state index in [1.54, 1.807) is 18.2 Å². The van der Waals surface area contributed by atoms with Gasteiger partial charge in [0.2, 0.25) is 0 Å². The predicted octanol–water partition coefficient (Wildman–Crippen LogP) is 2.19. The molecule has 0 aliphatic heterocycles. The molecule has 0 saturated heterocycles. The van der Waals surface area contributed by atoms with Crippen molar-refractivity contribution in [1.29, 1.82) is 0 Å². The maximum absolute atomic E-state index is 12.9. The minimum absolute atomic E-state index is 0.0481. The van der Waals surface area contributed by atoms with Gasteiger partial charge < -0.3 is 14.6 Å². The van der Waals surface area contributed by atoms with Crippen LogP contribution in [0.2, 0.25) is 5.02 Å². The van der Waals surface area contributed by atoms with Crippen molar-refractivity contribution >= 4 is 21.6 Å². The van der Waals surface area contributed by atoms with Crippen LogP contribution in [0, 0.1) is 0 Å². The molecule has 150 valence electrons. The Morgan fingerprint density at radius 1 is 1.23 bits per heavy atom. The Morgan fingerprint density at radius 2 is 1.85 bits per heavy atom. The molecule has 1 aromatic carbocycles. The second-order valence-corrected chi connectivity index (χ2v) is 7.70. The van der Waals surface area contributed by atoms with Crippen LogP contribution in [0.4, 0.5) is 13.2 Å². The number of methoxy groups -OCH3 is 2. The van der Waals surface area contributed by atoms with E-state index < -0.39 is 34.9 Å². The highest BCUT2D eigenvalue weighted by atomic mass is 35.5. The van der Waals surface area contributed by atoms with E-state index in [1.165, 1.54) is 14.2 Å². The van der Waals surface area contributed by atoms with E-state index in [2.05, 4.69) is 0 Å². The van der Waals surface area contributed by atoms with Crippen LogP contribution >= 0.6 is 11.6 Å². The number of nitrogens with zero attached hydrogens (tertiary/aromatic N) is 1. The first-order valence-corrected chi connectivity index (χ1v) is 9.38. The zero-order chi connectivity index (χ0) is 20.0. The molecule has 0 aliphatic carbocycles. The fourth-order valence-electron chi connectivity index (χ4n) is 2.22. The van der Waals surface area contributed by atoms with Gasteiger partial charge in [-0.2, -0.15) is 17.5 Å². The Hall–Kier alpha value is -0.910. The summed E-state index contributed by atoms with van der Waals surface area (Å²) < 4.78 is 72.4. The summed E-state index contributed by atoms with van der Waals surface area (Å²) in [5, 5.41) is 9.27. The summed E-state index contributed by atoms with van der Waals surface area (Å²) in [6, 6.07) is 4.86. The highest BCUT2D eigenvalue weighted by Crippen LogP contribution is 2.28. The first-order chi connectivity index (χ1) is 12.1. The zero-order valence-corrected chi connectivity index (χ0v) is 15.9. The lowest BCUT2D eigenvalue weighted by molar-refractivity contribution is -0.110. The lowest BCUT2D eigenvalue weighted by Gasteiger charge is -2.26. The van der Waals surface area contributed by atoms with Gasteiger partial charge in [0.15, 0.2) is 6.29 Å². The van der Waals surface area contributed by atoms with E-state index in [1.807, 2.05) is 0 Å². The fraction of sp³-hybridized carbons (Fsp3) is 0.600. The molecular formula is C15H21ClF3NO5S. The van der Waals surface area contributed by atoms with Gasteiger partial charge in [-0.3, -0.25) is 0 Å². The molecule has 0 heterocycles. The number of rotatable bonds is 10. The van der Waals surface area contributed by atoms with Gasteiger partial charge in [0.1, 0.15) is 0 Å². The third kappa shape index (κ3) is 6.07. The van der Waals surface area contributed by atoms with Gasteiger partial charge in [-0.1, -0.05) is 23.7 Å². The minimum atomic E-state index is -5.57. The van der Waals surface area contributed by atoms with Crippen LogP contribution in [0.5, 0.6) is 0 Å². The van der Waals surface area contributed by atoms with Crippen molar-refractivity contribution in [1.82, 2.24) is 4.31 Å². The summed E-state index contributed by atoms with van der Waals surface area (Å²) in [5.41, 5.74) is -4.23. The van der Waals surface area contributed by atoms with Gasteiger partial charge >= 0.3 is 15.5 Å². The Kier molecular flexibility index (Phi) is 8.77. The monoisotopic (exact) mass is 419 g/mol. The van der Waals surface area contributed by atoms with Gasteiger partial charge in [-0.25, -0.2) is 8.42 Å². The third-order valence-electron chi connectivity index (χ3n) is 3.65. The van der Waals surface area contributed by atoms with Gasteiger partial charge in [-0.05, 0) is 30.0 Å². The number of ether oxygens (including phenoxy) is 2. The number of sulfonamides is 1. The van der Waals surface area contributed by atoms with Crippen molar-refractivity contribution in [2.45, 2.75) is 24.6 Å². The SMILES string of the molecule is COC(CN(CCc1cc(CCO)ccc1Cl)S(=O)(=O)C(F)(F)F)OC. The molecule has 1 N–H and O–H groups in total. The molecule has 26 heavy (non-hydrogen) atoms. The van der Waals surface area contributed by atoms with Crippen LogP contribution in [0.15, 0.2) is 18.2 Å². The standard InChI is InChI=1S/C15H21ClF3NO5S/c1-24-14(25-2)10-20(26(22,23)15(17,18)19)7-5-12-9-11(6-8-21)3-4-13(12)16/h3-4,9,14,21H,5-8,10H2,1-2H3. The summed E-state index contributed by atoms with van der Waals surface area (Å²) >= 11 is 6.04. The van der Waals surface area contributed by atoms with Crippen LogP contribution in [0.3, 0.4) is 0 Å². The maximum atomic E-state index is 12.9. The highest BCUT2D eigenvalue weighted by Gasteiger charge is 2.50. The van der Waals surface area contributed by atoms with E-state index in [0.29, 0.717) is 17.0 Å². The molecule has 11 heteroatoms. The van der Waals surface area contributed by atoms with Gasteiger partial charge in [0, 0.05) is 32.4 Å². The van der Waals surface area contributed by atoms with E-state index in [-0.39, 0.29) is 17.3 Å². The lowest BCUT2D eigenvalue weighted by Crippen LogP contribution is -2.46. The van der Waals surface area contributed by atoms with Crippen molar-refractivity contribution < 1.29 is 36.2 Å². The number of hydrogen-bond donors (Lipinski definition) is 1. The summed E-state index contributed by atoms with van der Waals surface area (Å²) in [6.07, 6.45) is -0.846. The van der Waals surface area contributed by atoms with E-state index in [9.17, 15) is 21.6 Å². The number of halogens is 4. The molecule has 0 aliphatic rings. The largest absolute Gasteiger partial charge is 0.511 e. The average molecular weight is 420 g/mol. The molecule has 0 atom stereocenters. The van der Waals surface area contributed by atoms with Crippen molar-refractivity contribution in [3.63, 3.8) is 0 Å². The number of aliphatic hydroxyl groups is 1. The van der Waals surface area contributed by atoms with Crippen LogP contribution in [0.1, 0.15) is 11.1 Å². The van der Waals surface area contributed by atoms with Gasteiger partial charge in [-0.15, -0.1) is 0 Å². The maximum Gasteiger partial charge on any atom is 0.511 e. The number of hydrogen-bond acceptors (Lipinski definition) is 5. The van der Waals surface area contributed by atoms with Crippen molar-refractivity contribution in [3.05, 3.63) is 34.3 Å². The fourth-order valence-corrected chi connectivity index (χ4v) is 3.37. The first-order valence-electron chi connectivity index (χ1n) is 7.57. The van der Waals surface area contributed by atoms with Crippen LogP contribution in [-0.2, 0) is 32.3 Å². The van der Waals surface area contributed by atoms with E-state index >= 15 is 0 Å². The molecule has 0 unspecified atom stereocenters. The molecule has 0 bridgehead atoms. The molecule has 6 nitrogen and oxygen atoms in total. The Balaban J connectivity index is 3.05. The number of alkyl halides is 3. The summed E-state index contributed by atoms with van der Waals surface area (Å²) in [5.74, 6) is 0. The molecule has 0 amide bonds. The smallest absolute Gasteiger partial charge is 0.396 e. The lowest BCUT2D eigenvalue weighted by atomic mass is 10.1. The van der Waals surface area contributed by atoms with Gasteiger partial charge in [0.05, 0.1) is 6.54 Å². The molecule has 1 rings (SSSR count). The molecule has 0 radical (unpaired) electrons. The van der Waals surface area contributed by atoms with Gasteiger partial charge in [0.25, 0.3) is 0 Å². The van der Waals surface area contributed by atoms with Crippen LogP contribution in [0.25, 0.3) is 0 Å². The summed E-state index contributed by atoms with van der Waals surface area (Å²) in [4.78, 5) is 0. The van der Waals surface area contributed by atoms with Crippen LogP contribution in [-0.4, -0.2) is 63.5 Å². The van der Waals surface area contributed by atoms with Crippen molar-refractivity contribution in [2.24, 2.45) is 0 Å². The Labute approximate surface area is 155 Å². The Bertz CT molecular complexity index is 680. The first kappa shape index (κ1) is 23.1. The quantitative estimate of drug-likeness (QED) is 0.588. The highest BCUT2D eigenvalue weighted by molar-refractivity contribution is 7.90. The molecular weight excluding hydrogens is 399 g/mol. The Morgan fingerprint density at radius 3 is 2.35 bits per heavy atom. The molecule has 0 saturated carbocycles. The molecule has 1 aromatic rings. The van der Waals surface area contributed by atoms with E-state index in [0.717, 1.165) is 5.56 Å². The zero-order valence-electron chi connectivity index (χ0n) is 14.3. The molecule has 0 fully saturated rings. The normalized spacial score (nSPS) is 13.0. The van der Waals surface area contributed by atoms with Crippen LogP contribution < -0.4 is 0 Å². The predicted molar refractivity (Wildman–Crippen MR) is 90.3 cm³/mol.